The highest BCUT2D eigenvalue weighted by atomic mass is 16.6. The zero-order valence-corrected chi connectivity index (χ0v) is 26.8. The third kappa shape index (κ3) is 3.45. The molecule has 0 saturated carbocycles. The fourth-order valence-corrected chi connectivity index (χ4v) is 7.74. The average molecular weight is 579 g/mol. The van der Waals surface area contributed by atoms with E-state index in [2.05, 4.69) is 136 Å². The highest BCUT2D eigenvalue weighted by Crippen LogP contribution is 2.52. The summed E-state index contributed by atoms with van der Waals surface area (Å²) in [5.41, 5.74) is 14.7. The van der Waals surface area contributed by atoms with Crippen LogP contribution in [0.25, 0.3) is 22.3 Å². The van der Waals surface area contributed by atoms with Crippen LogP contribution in [0.3, 0.4) is 0 Å². The third-order valence-corrected chi connectivity index (χ3v) is 10.4. The largest absolute Gasteiger partial charge is 0.439 e. The molecule has 2 aliphatic carbocycles. The lowest BCUT2D eigenvalue weighted by molar-refractivity contribution is 0.255. The van der Waals surface area contributed by atoms with E-state index in [9.17, 15) is 0 Å². The van der Waals surface area contributed by atoms with E-state index in [0.29, 0.717) is 11.8 Å². The van der Waals surface area contributed by atoms with Crippen molar-refractivity contribution < 1.29 is 9.47 Å². The Labute approximate surface area is 260 Å². The number of rotatable bonds is 2. The second-order valence-electron chi connectivity index (χ2n) is 13.6. The number of hydrogen-bond acceptors (Lipinski definition) is 4. The van der Waals surface area contributed by atoms with Crippen molar-refractivity contribution in [3.63, 3.8) is 0 Å². The maximum atomic E-state index is 6.58. The molecule has 0 fully saturated rings. The van der Waals surface area contributed by atoms with Crippen LogP contribution in [0.2, 0.25) is 0 Å². The monoisotopic (exact) mass is 578 g/mol. The third-order valence-electron chi connectivity index (χ3n) is 10.4. The van der Waals surface area contributed by atoms with Crippen LogP contribution in [-0.4, -0.2) is 0 Å². The van der Waals surface area contributed by atoms with E-state index in [1.807, 2.05) is 13.8 Å². The van der Waals surface area contributed by atoms with Gasteiger partial charge in [-0.3, -0.25) is 9.80 Å². The summed E-state index contributed by atoms with van der Waals surface area (Å²) in [6.07, 6.45) is 0. The topological polar surface area (TPSA) is 24.9 Å². The first-order chi connectivity index (χ1) is 21.0. The number of anilines is 2. The lowest BCUT2D eigenvalue weighted by atomic mass is 9.82. The molecule has 0 amide bonds. The van der Waals surface area contributed by atoms with Crippen molar-refractivity contribution >= 4 is 11.4 Å². The van der Waals surface area contributed by atoms with Crippen LogP contribution in [0.1, 0.15) is 77.6 Å². The summed E-state index contributed by atoms with van der Waals surface area (Å²) in [5, 5.41) is 0. The molecule has 4 aliphatic rings. The van der Waals surface area contributed by atoms with Crippen molar-refractivity contribution in [3.05, 3.63) is 142 Å². The summed E-state index contributed by atoms with van der Waals surface area (Å²) in [6.45, 7) is 17.6. The molecule has 0 radical (unpaired) electrons. The predicted octanol–water partition coefficient (Wildman–Crippen LogP) is 10.3. The quantitative estimate of drug-likeness (QED) is 0.236. The van der Waals surface area contributed by atoms with Gasteiger partial charge in [-0.25, -0.2) is 0 Å². The van der Waals surface area contributed by atoms with Crippen LogP contribution < -0.4 is 9.80 Å². The van der Waals surface area contributed by atoms with Gasteiger partial charge in [0.1, 0.15) is 11.5 Å². The van der Waals surface area contributed by atoms with Crippen molar-refractivity contribution in [2.24, 2.45) is 0 Å². The zero-order valence-electron chi connectivity index (χ0n) is 26.8. The number of allylic oxidation sites excluding steroid dienone is 4. The standard InChI is InChI=1S/C40H38N2O2/c1-23-25(3)43-37(41(23)27-17-19-35-31(21-27)29-13-9-11-15-33(29)39(35,5)6)38-42(24(2)26(4)44-38)28-18-20-36-32(22-28)30-14-10-12-16-34(30)40(36,7)8/h9-22H,1-8H3/b38-37+. The lowest BCUT2D eigenvalue weighted by Gasteiger charge is -2.27. The highest BCUT2D eigenvalue weighted by Gasteiger charge is 2.41. The average Bonchev–Trinajstić information content (AvgIpc) is 3.64. The normalized spacial score (nSPS) is 20.5. The van der Waals surface area contributed by atoms with Crippen LogP contribution in [0.4, 0.5) is 11.4 Å². The molecular formula is C40H38N2O2. The molecule has 4 heteroatoms. The molecule has 220 valence electrons. The molecule has 2 aliphatic heterocycles. The summed E-state index contributed by atoms with van der Waals surface area (Å²) in [6, 6.07) is 31.2. The number of benzene rings is 4. The van der Waals surface area contributed by atoms with Gasteiger partial charge in [0.25, 0.3) is 11.8 Å². The van der Waals surface area contributed by atoms with E-state index in [-0.39, 0.29) is 10.8 Å². The smallest absolute Gasteiger partial charge is 0.267 e. The lowest BCUT2D eigenvalue weighted by Crippen LogP contribution is -2.25. The highest BCUT2D eigenvalue weighted by molar-refractivity contribution is 5.85. The summed E-state index contributed by atoms with van der Waals surface area (Å²) in [5.74, 6) is 3.10. The molecule has 0 spiro atoms. The van der Waals surface area contributed by atoms with Gasteiger partial charge >= 0.3 is 0 Å². The zero-order chi connectivity index (χ0) is 30.7. The van der Waals surface area contributed by atoms with Gasteiger partial charge in [-0.2, -0.15) is 0 Å². The Kier molecular flexibility index (Phi) is 5.45. The number of hydrogen-bond donors (Lipinski definition) is 0. The van der Waals surface area contributed by atoms with Crippen LogP contribution in [0, 0.1) is 0 Å². The number of fused-ring (bicyclic) bond motifs is 6. The molecule has 0 saturated heterocycles. The van der Waals surface area contributed by atoms with Gasteiger partial charge in [0, 0.05) is 22.2 Å². The molecular weight excluding hydrogens is 540 g/mol. The Morgan fingerprint density at radius 2 is 0.818 bits per heavy atom. The second kappa shape index (κ2) is 8.92. The van der Waals surface area contributed by atoms with Gasteiger partial charge in [0.05, 0.1) is 11.4 Å². The van der Waals surface area contributed by atoms with Crippen LogP contribution >= 0.6 is 0 Å². The summed E-state index contributed by atoms with van der Waals surface area (Å²) < 4.78 is 13.2. The molecule has 0 unspecified atom stereocenters. The van der Waals surface area contributed by atoms with Crippen molar-refractivity contribution in [2.75, 3.05) is 9.80 Å². The molecule has 4 aromatic rings. The maximum Gasteiger partial charge on any atom is 0.267 e. The molecule has 4 aromatic carbocycles. The second-order valence-corrected chi connectivity index (χ2v) is 13.6. The van der Waals surface area contributed by atoms with E-state index in [0.717, 1.165) is 34.3 Å². The Bertz CT molecular complexity index is 1880. The molecule has 0 atom stereocenters. The minimum absolute atomic E-state index is 0.0433. The van der Waals surface area contributed by atoms with Gasteiger partial charge in [-0.15, -0.1) is 0 Å². The molecule has 4 nitrogen and oxygen atoms in total. The van der Waals surface area contributed by atoms with Crippen molar-refractivity contribution in [1.29, 1.82) is 0 Å². The first kappa shape index (κ1) is 26.9. The van der Waals surface area contributed by atoms with Gasteiger partial charge in [-0.1, -0.05) is 88.4 Å². The summed E-state index contributed by atoms with van der Waals surface area (Å²) in [4.78, 5) is 4.42. The van der Waals surface area contributed by atoms with E-state index < -0.39 is 0 Å². The fourth-order valence-electron chi connectivity index (χ4n) is 7.74. The SMILES string of the molecule is CC1=C(C)N(c2ccc3c(c2)-c2ccccc2C3(C)C)/C(=C2\OC(C)=C(C)N2c2ccc3c(c2)-c2ccccc2C3(C)C)O1. The minimum atomic E-state index is -0.0433. The molecule has 0 aromatic heterocycles. The van der Waals surface area contributed by atoms with Gasteiger partial charge in [0.2, 0.25) is 0 Å². The first-order valence-electron chi connectivity index (χ1n) is 15.5. The van der Waals surface area contributed by atoms with E-state index in [1.54, 1.807) is 0 Å². The minimum Gasteiger partial charge on any atom is -0.439 e. The first-order valence-corrected chi connectivity index (χ1v) is 15.5. The summed E-state index contributed by atoms with van der Waals surface area (Å²) >= 11 is 0. The van der Waals surface area contributed by atoms with Crippen LogP contribution in [0.15, 0.2) is 120 Å². The van der Waals surface area contributed by atoms with Crippen LogP contribution in [-0.2, 0) is 20.3 Å². The van der Waals surface area contributed by atoms with Gasteiger partial charge in [0.15, 0.2) is 0 Å². The summed E-state index contributed by atoms with van der Waals surface area (Å²) in [7, 11) is 0. The molecule has 0 bridgehead atoms. The van der Waals surface area contributed by atoms with Gasteiger partial charge < -0.3 is 9.47 Å². The number of ether oxygens (including phenoxy) is 2. The van der Waals surface area contributed by atoms with Crippen LogP contribution in [0.5, 0.6) is 0 Å². The molecule has 8 rings (SSSR count). The molecule has 0 N–H and O–H groups in total. The van der Waals surface area contributed by atoms with Gasteiger partial charge in [-0.05, 0) is 96.5 Å². The Balaban J connectivity index is 1.27. The molecule has 44 heavy (non-hydrogen) atoms. The van der Waals surface area contributed by atoms with Crippen molar-refractivity contribution in [2.45, 2.75) is 66.2 Å². The van der Waals surface area contributed by atoms with Crippen molar-refractivity contribution in [3.8, 4) is 22.3 Å². The molecule has 2 heterocycles. The Morgan fingerprint density at radius 3 is 1.23 bits per heavy atom. The Morgan fingerprint density at radius 1 is 0.455 bits per heavy atom. The maximum absolute atomic E-state index is 6.58. The van der Waals surface area contributed by atoms with Crippen molar-refractivity contribution in [1.82, 2.24) is 0 Å². The van der Waals surface area contributed by atoms with E-state index >= 15 is 0 Å². The van der Waals surface area contributed by atoms with E-state index in [4.69, 9.17) is 9.47 Å². The van der Waals surface area contributed by atoms with E-state index in [1.165, 1.54) is 44.5 Å². The number of nitrogens with zero attached hydrogens (tertiary/aromatic N) is 2. The Hall–Kier alpha value is -4.70. The predicted molar refractivity (Wildman–Crippen MR) is 179 cm³/mol. The fraction of sp³-hybridized carbons (Fsp3) is 0.250.